The van der Waals surface area contributed by atoms with Crippen molar-refractivity contribution in [3.05, 3.63) is 64.2 Å². The van der Waals surface area contributed by atoms with Crippen molar-refractivity contribution in [1.29, 1.82) is 0 Å². The van der Waals surface area contributed by atoms with E-state index in [1.54, 1.807) is 0 Å². The highest BCUT2D eigenvalue weighted by molar-refractivity contribution is 7.99. The van der Waals surface area contributed by atoms with Crippen LogP contribution in [0, 0.1) is 11.6 Å². The molecule has 0 saturated heterocycles. The molecule has 0 radical (unpaired) electrons. The molecule has 10 heteroatoms. The molecule has 0 unspecified atom stereocenters. The van der Waals surface area contributed by atoms with Gasteiger partial charge in [-0.15, -0.1) is 0 Å². The van der Waals surface area contributed by atoms with E-state index in [9.17, 15) is 18.4 Å². The average molecular weight is 415 g/mol. The van der Waals surface area contributed by atoms with Crippen LogP contribution in [-0.4, -0.2) is 38.1 Å². The van der Waals surface area contributed by atoms with Gasteiger partial charge in [-0.3, -0.25) is 9.59 Å². The van der Waals surface area contributed by atoms with Gasteiger partial charge >= 0.3 is 0 Å². The van der Waals surface area contributed by atoms with E-state index in [-0.39, 0.29) is 22.6 Å². The number of amides is 1. The maximum Gasteiger partial charge on any atom is 0.287 e. The number of thioether (sulfide) groups is 1. The highest BCUT2D eigenvalue weighted by Gasteiger charge is 2.11. The number of aromatic amines is 2. The summed E-state index contributed by atoms with van der Waals surface area (Å²) in [5.41, 5.74) is 1.06. The van der Waals surface area contributed by atoms with E-state index >= 15 is 0 Å². The van der Waals surface area contributed by atoms with E-state index in [0.717, 1.165) is 23.2 Å². The Morgan fingerprint density at radius 2 is 1.86 bits per heavy atom. The van der Waals surface area contributed by atoms with Crippen LogP contribution < -0.4 is 10.9 Å². The number of hydrogen-bond acceptors (Lipinski definition) is 5. The van der Waals surface area contributed by atoms with Gasteiger partial charge in [0.05, 0.1) is 21.9 Å². The number of hydrogen-bond donors (Lipinski definition) is 3. The standard InChI is InChI=1S/C19H15F2N5O2S/c20-11-8-10-15(9-12(11)21)25-19(26-17(10)27)29-7-3-6-22-18(28)16-23-13-4-1-2-5-14(13)24-16/h1-2,4-5,8-9H,3,6-7H2,(H,22,28)(H,23,24)(H,25,26,27). The predicted octanol–water partition coefficient (Wildman–Crippen LogP) is 2.99. The molecule has 29 heavy (non-hydrogen) atoms. The van der Waals surface area contributed by atoms with Crippen molar-refractivity contribution in [2.24, 2.45) is 0 Å². The molecule has 1 amide bonds. The van der Waals surface area contributed by atoms with Crippen LogP contribution in [0.15, 0.2) is 46.3 Å². The summed E-state index contributed by atoms with van der Waals surface area (Å²) in [6.07, 6.45) is 0.607. The van der Waals surface area contributed by atoms with Crippen molar-refractivity contribution in [3.8, 4) is 0 Å². The first-order chi connectivity index (χ1) is 14.0. The first-order valence-electron chi connectivity index (χ1n) is 8.76. The molecule has 0 fully saturated rings. The first kappa shape index (κ1) is 19.1. The number of H-pyrrole nitrogens is 2. The third kappa shape index (κ3) is 4.11. The van der Waals surface area contributed by atoms with Gasteiger partial charge in [-0.05, 0) is 24.6 Å². The summed E-state index contributed by atoms with van der Waals surface area (Å²) in [6, 6.07) is 9.09. The highest BCUT2D eigenvalue weighted by Crippen LogP contribution is 2.18. The monoisotopic (exact) mass is 415 g/mol. The molecule has 0 aliphatic heterocycles. The molecule has 0 saturated carbocycles. The zero-order valence-corrected chi connectivity index (χ0v) is 15.8. The lowest BCUT2D eigenvalue weighted by Crippen LogP contribution is -2.25. The van der Waals surface area contributed by atoms with E-state index in [2.05, 4.69) is 25.3 Å². The topological polar surface area (TPSA) is 104 Å². The van der Waals surface area contributed by atoms with Crippen molar-refractivity contribution in [3.63, 3.8) is 0 Å². The number of rotatable bonds is 6. The predicted molar refractivity (Wildman–Crippen MR) is 106 cm³/mol. The minimum Gasteiger partial charge on any atom is -0.349 e. The number of benzene rings is 2. The summed E-state index contributed by atoms with van der Waals surface area (Å²) in [4.78, 5) is 38.0. The maximum absolute atomic E-state index is 13.4. The largest absolute Gasteiger partial charge is 0.349 e. The summed E-state index contributed by atoms with van der Waals surface area (Å²) >= 11 is 1.25. The third-order valence-electron chi connectivity index (χ3n) is 4.18. The van der Waals surface area contributed by atoms with Gasteiger partial charge < -0.3 is 15.3 Å². The Morgan fingerprint density at radius 1 is 1.07 bits per heavy atom. The SMILES string of the molecule is O=C(NCCCSc1nc2cc(F)c(F)cc2c(=O)[nH]1)c1nc2ccccc2[nH]1. The summed E-state index contributed by atoms with van der Waals surface area (Å²) in [6.45, 7) is 0.403. The Morgan fingerprint density at radius 3 is 2.69 bits per heavy atom. The van der Waals surface area contributed by atoms with Crippen molar-refractivity contribution in [2.75, 3.05) is 12.3 Å². The number of imidazole rings is 1. The fraction of sp³-hybridized carbons (Fsp3) is 0.158. The normalized spacial score (nSPS) is 11.2. The van der Waals surface area contributed by atoms with Crippen LogP contribution in [0.2, 0.25) is 0 Å². The van der Waals surface area contributed by atoms with Crippen molar-refractivity contribution in [2.45, 2.75) is 11.6 Å². The summed E-state index contributed by atoms with van der Waals surface area (Å²) in [5.74, 6) is -1.65. The number of fused-ring (bicyclic) bond motifs is 2. The van der Waals surface area contributed by atoms with E-state index in [4.69, 9.17) is 0 Å². The first-order valence-corrected chi connectivity index (χ1v) is 9.74. The molecular weight excluding hydrogens is 400 g/mol. The van der Waals surface area contributed by atoms with Gasteiger partial charge in [0.1, 0.15) is 0 Å². The van der Waals surface area contributed by atoms with E-state index in [1.165, 1.54) is 11.8 Å². The van der Waals surface area contributed by atoms with E-state index < -0.39 is 17.2 Å². The molecule has 148 valence electrons. The summed E-state index contributed by atoms with van der Waals surface area (Å²) in [5, 5.41) is 3.07. The van der Waals surface area contributed by atoms with Crippen LogP contribution in [0.3, 0.4) is 0 Å². The van der Waals surface area contributed by atoms with Crippen molar-refractivity contribution < 1.29 is 13.6 Å². The molecule has 4 rings (SSSR count). The summed E-state index contributed by atoms with van der Waals surface area (Å²) in [7, 11) is 0. The zero-order chi connectivity index (χ0) is 20.4. The number of nitrogens with zero attached hydrogens (tertiary/aromatic N) is 2. The van der Waals surface area contributed by atoms with Gasteiger partial charge in [0.15, 0.2) is 22.6 Å². The van der Waals surface area contributed by atoms with Crippen molar-refractivity contribution >= 4 is 39.6 Å². The maximum atomic E-state index is 13.4. The van der Waals surface area contributed by atoms with E-state index in [1.807, 2.05) is 24.3 Å². The molecular formula is C19H15F2N5O2S. The lowest BCUT2D eigenvalue weighted by Gasteiger charge is -2.05. The molecule has 4 aromatic rings. The van der Waals surface area contributed by atoms with Crippen LogP contribution in [0.5, 0.6) is 0 Å². The van der Waals surface area contributed by atoms with Gasteiger partial charge in [0.2, 0.25) is 0 Å². The lowest BCUT2D eigenvalue weighted by molar-refractivity contribution is 0.0944. The Bertz CT molecular complexity index is 1240. The van der Waals surface area contributed by atoms with Gasteiger partial charge in [0, 0.05) is 18.4 Å². The van der Waals surface area contributed by atoms with Crippen LogP contribution in [0.25, 0.3) is 21.9 Å². The van der Waals surface area contributed by atoms with Crippen LogP contribution in [0.1, 0.15) is 17.0 Å². The lowest BCUT2D eigenvalue weighted by atomic mass is 10.2. The number of halogens is 2. The fourth-order valence-corrected chi connectivity index (χ4v) is 3.58. The number of carbonyl (C=O) groups excluding carboxylic acids is 1. The second-order valence-electron chi connectivity index (χ2n) is 6.22. The highest BCUT2D eigenvalue weighted by atomic mass is 32.2. The fourth-order valence-electron chi connectivity index (χ4n) is 2.77. The number of aromatic nitrogens is 4. The minimum absolute atomic E-state index is 0.00801. The molecule has 0 bridgehead atoms. The molecule has 3 N–H and O–H groups in total. The van der Waals surface area contributed by atoms with Gasteiger partial charge in [0.25, 0.3) is 11.5 Å². The van der Waals surface area contributed by atoms with Crippen LogP contribution in [0.4, 0.5) is 8.78 Å². The molecule has 2 aromatic carbocycles. The Balaban J connectivity index is 1.32. The average Bonchev–Trinajstić information content (AvgIpc) is 3.13. The molecule has 0 aliphatic carbocycles. The number of carbonyl (C=O) groups is 1. The van der Waals surface area contributed by atoms with Crippen molar-refractivity contribution in [1.82, 2.24) is 25.3 Å². The molecule has 7 nitrogen and oxygen atoms in total. The number of para-hydroxylation sites is 2. The van der Waals surface area contributed by atoms with Gasteiger partial charge in [-0.2, -0.15) is 0 Å². The third-order valence-corrected chi connectivity index (χ3v) is 5.14. The summed E-state index contributed by atoms with van der Waals surface area (Å²) < 4.78 is 26.6. The molecule has 0 aliphatic rings. The molecule has 2 aromatic heterocycles. The zero-order valence-electron chi connectivity index (χ0n) is 15.0. The smallest absolute Gasteiger partial charge is 0.287 e. The molecule has 2 heterocycles. The van der Waals surface area contributed by atoms with Crippen LogP contribution >= 0.6 is 11.8 Å². The minimum atomic E-state index is -1.09. The Hall–Kier alpha value is -3.27. The molecule has 0 atom stereocenters. The van der Waals surface area contributed by atoms with Gasteiger partial charge in [-0.25, -0.2) is 18.7 Å². The molecule has 0 spiro atoms. The second kappa shape index (κ2) is 8.00. The van der Waals surface area contributed by atoms with Crippen LogP contribution in [-0.2, 0) is 0 Å². The second-order valence-corrected chi connectivity index (χ2v) is 7.30. The Labute approximate surface area is 167 Å². The van der Waals surface area contributed by atoms with Gasteiger partial charge in [-0.1, -0.05) is 23.9 Å². The van der Waals surface area contributed by atoms with E-state index in [0.29, 0.717) is 23.9 Å². The number of nitrogens with one attached hydrogen (secondary N) is 3. The quantitative estimate of drug-likeness (QED) is 0.255. The Kier molecular flexibility index (Phi) is 5.26.